The second kappa shape index (κ2) is 5.81. The fraction of sp³-hybridized carbons (Fsp3) is 0.545. The SMILES string of the molecule is NC[C@@H]1CCCN(S(=O)(=O)c2ccc([N+](=O)[O-])cn2)C1. The first kappa shape index (κ1) is 14.8. The molecule has 110 valence electrons. The van der Waals surface area contributed by atoms with E-state index in [1.165, 1.54) is 10.4 Å². The van der Waals surface area contributed by atoms with Gasteiger partial charge in [-0.1, -0.05) is 0 Å². The van der Waals surface area contributed by atoms with E-state index in [4.69, 9.17) is 5.73 Å². The maximum Gasteiger partial charge on any atom is 0.287 e. The van der Waals surface area contributed by atoms with E-state index in [2.05, 4.69) is 4.98 Å². The van der Waals surface area contributed by atoms with Gasteiger partial charge in [0, 0.05) is 19.2 Å². The summed E-state index contributed by atoms with van der Waals surface area (Å²) < 4.78 is 26.1. The molecule has 9 heteroatoms. The van der Waals surface area contributed by atoms with Crippen LogP contribution >= 0.6 is 0 Å². The highest BCUT2D eigenvalue weighted by molar-refractivity contribution is 7.89. The molecule has 1 aliphatic rings. The Balaban J connectivity index is 2.23. The first-order valence-electron chi connectivity index (χ1n) is 6.26. The predicted octanol–water partition coefficient (Wildman–Crippen LogP) is 0.349. The van der Waals surface area contributed by atoms with Gasteiger partial charge < -0.3 is 5.73 Å². The molecule has 0 bridgehead atoms. The minimum absolute atomic E-state index is 0.150. The van der Waals surface area contributed by atoms with Gasteiger partial charge in [0.25, 0.3) is 15.7 Å². The van der Waals surface area contributed by atoms with Crippen LogP contribution in [0.25, 0.3) is 0 Å². The molecule has 1 aliphatic heterocycles. The van der Waals surface area contributed by atoms with E-state index in [0.717, 1.165) is 25.1 Å². The van der Waals surface area contributed by atoms with Crippen molar-refractivity contribution in [2.75, 3.05) is 19.6 Å². The molecule has 8 nitrogen and oxygen atoms in total. The summed E-state index contributed by atoms with van der Waals surface area (Å²) in [7, 11) is -3.70. The van der Waals surface area contributed by atoms with Crippen LogP contribution in [0.1, 0.15) is 12.8 Å². The van der Waals surface area contributed by atoms with Crippen molar-refractivity contribution < 1.29 is 13.3 Å². The minimum Gasteiger partial charge on any atom is -0.330 e. The van der Waals surface area contributed by atoms with E-state index in [1.807, 2.05) is 0 Å². The minimum atomic E-state index is -3.70. The number of nitrogens with two attached hydrogens (primary N) is 1. The third-order valence-corrected chi connectivity index (χ3v) is 5.13. The van der Waals surface area contributed by atoms with Crippen molar-refractivity contribution in [3.63, 3.8) is 0 Å². The van der Waals surface area contributed by atoms with Crippen LogP contribution in [-0.2, 0) is 10.0 Å². The smallest absolute Gasteiger partial charge is 0.287 e. The summed E-state index contributed by atoms with van der Waals surface area (Å²) in [6.45, 7) is 1.24. The Kier molecular flexibility index (Phi) is 4.31. The summed E-state index contributed by atoms with van der Waals surface area (Å²) in [5.74, 6) is 0.150. The number of aromatic nitrogens is 1. The molecule has 1 saturated heterocycles. The molecular formula is C11H16N4O4S. The Morgan fingerprint density at radius 3 is 2.80 bits per heavy atom. The Bertz CT molecular complexity index is 587. The van der Waals surface area contributed by atoms with E-state index < -0.39 is 14.9 Å². The molecule has 0 aromatic carbocycles. The fourth-order valence-corrected chi connectivity index (χ4v) is 3.67. The lowest BCUT2D eigenvalue weighted by Crippen LogP contribution is -2.42. The molecule has 2 N–H and O–H groups in total. The topological polar surface area (TPSA) is 119 Å². The van der Waals surface area contributed by atoms with Crippen molar-refractivity contribution in [1.29, 1.82) is 0 Å². The van der Waals surface area contributed by atoms with Gasteiger partial charge in [0.2, 0.25) is 0 Å². The summed E-state index contributed by atoms with van der Waals surface area (Å²) in [6.07, 6.45) is 2.63. The molecule has 2 rings (SSSR count). The van der Waals surface area contributed by atoms with Crippen molar-refractivity contribution in [3.8, 4) is 0 Å². The highest BCUT2D eigenvalue weighted by Gasteiger charge is 2.30. The quantitative estimate of drug-likeness (QED) is 0.633. The lowest BCUT2D eigenvalue weighted by molar-refractivity contribution is -0.385. The molecular weight excluding hydrogens is 284 g/mol. The first-order valence-corrected chi connectivity index (χ1v) is 7.70. The molecule has 0 aliphatic carbocycles. The molecule has 0 amide bonds. The Hall–Kier alpha value is -1.58. The lowest BCUT2D eigenvalue weighted by atomic mass is 10.0. The van der Waals surface area contributed by atoms with Gasteiger partial charge in [-0.15, -0.1) is 0 Å². The van der Waals surface area contributed by atoms with Crippen LogP contribution in [0.15, 0.2) is 23.4 Å². The third kappa shape index (κ3) is 2.94. The number of nitro groups is 1. The van der Waals surface area contributed by atoms with Gasteiger partial charge in [0.1, 0.15) is 6.20 Å². The van der Waals surface area contributed by atoms with Crippen LogP contribution < -0.4 is 5.73 Å². The molecule has 1 aromatic rings. The van der Waals surface area contributed by atoms with Gasteiger partial charge in [-0.05, 0) is 31.4 Å². The molecule has 1 fully saturated rings. The molecule has 0 spiro atoms. The Morgan fingerprint density at radius 2 is 2.25 bits per heavy atom. The normalized spacial score (nSPS) is 20.8. The van der Waals surface area contributed by atoms with Gasteiger partial charge in [0.05, 0.1) is 4.92 Å². The van der Waals surface area contributed by atoms with E-state index in [9.17, 15) is 18.5 Å². The monoisotopic (exact) mass is 300 g/mol. The molecule has 1 atom stereocenters. The van der Waals surface area contributed by atoms with Crippen molar-refractivity contribution >= 4 is 15.7 Å². The molecule has 0 unspecified atom stereocenters. The van der Waals surface area contributed by atoms with E-state index in [0.29, 0.717) is 19.6 Å². The molecule has 0 saturated carbocycles. The van der Waals surface area contributed by atoms with Crippen LogP contribution in [0.4, 0.5) is 5.69 Å². The van der Waals surface area contributed by atoms with Crippen LogP contribution in [-0.4, -0.2) is 42.3 Å². The Morgan fingerprint density at radius 1 is 1.50 bits per heavy atom. The summed E-state index contributed by atoms with van der Waals surface area (Å²) in [6, 6.07) is 2.31. The average Bonchev–Trinajstić information content (AvgIpc) is 2.47. The zero-order valence-electron chi connectivity index (χ0n) is 10.8. The highest BCUT2D eigenvalue weighted by Crippen LogP contribution is 2.23. The number of sulfonamides is 1. The van der Waals surface area contributed by atoms with Gasteiger partial charge in [-0.2, -0.15) is 4.31 Å². The molecule has 1 aromatic heterocycles. The van der Waals surface area contributed by atoms with E-state index in [-0.39, 0.29) is 16.6 Å². The summed E-state index contributed by atoms with van der Waals surface area (Å²) in [5.41, 5.74) is 5.35. The average molecular weight is 300 g/mol. The number of rotatable bonds is 4. The molecule has 2 heterocycles. The van der Waals surface area contributed by atoms with Gasteiger partial charge in [-0.25, -0.2) is 13.4 Å². The maximum atomic E-state index is 12.4. The fourth-order valence-electron chi connectivity index (χ4n) is 2.20. The largest absolute Gasteiger partial charge is 0.330 e. The number of pyridine rings is 1. The molecule has 0 radical (unpaired) electrons. The number of hydrogen-bond donors (Lipinski definition) is 1. The summed E-state index contributed by atoms with van der Waals surface area (Å²) in [4.78, 5) is 13.6. The number of nitrogens with zero attached hydrogens (tertiary/aromatic N) is 3. The van der Waals surface area contributed by atoms with Crippen LogP contribution in [0.5, 0.6) is 0 Å². The number of piperidine rings is 1. The van der Waals surface area contributed by atoms with Gasteiger partial charge in [0.15, 0.2) is 5.03 Å². The maximum absolute atomic E-state index is 12.4. The lowest BCUT2D eigenvalue weighted by Gasteiger charge is -2.30. The third-order valence-electron chi connectivity index (χ3n) is 3.35. The van der Waals surface area contributed by atoms with Crippen LogP contribution in [0.3, 0.4) is 0 Å². The van der Waals surface area contributed by atoms with Crippen LogP contribution in [0.2, 0.25) is 0 Å². The molecule has 20 heavy (non-hydrogen) atoms. The predicted molar refractivity (Wildman–Crippen MR) is 71.4 cm³/mol. The van der Waals surface area contributed by atoms with E-state index >= 15 is 0 Å². The standard InChI is InChI=1S/C11H16N4O4S/c12-6-9-2-1-5-14(8-9)20(18,19)11-4-3-10(7-13-11)15(16)17/h3-4,7,9H,1-2,5-6,8,12H2/t9-/m0/s1. The zero-order valence-corrected chi connectivity index (χ0v) is 11.6. The Labute approximate surface area is 116 Å². The van der Waals surface area contributed by atoms with Gasteiger partial charge in [-0.3, -0.25) is 10.1 Å². The first-order chi connectivity index (χ1) is 9.45. The van der Waals surface area contributed by atoms with E-state index in [1.54, 1.807) is 0 Å². The van der Waals surface area contributed by atoms with Gasteiger partial charge >= 0.3 is 0 Å². The zero-order chi connectivity index (χ0) is 14.8. The summed E-state index contributed by atoms with van der Waals surface area (Å²) in [5, 5.41) is 10.4. The van der Waals surface area contributed by atoms with Crippen LogP contribution in [0, 0.1) is 16.0 Å². The highest BCUT2D eigenvalue weighted by atomic mass is 32.2. The van der Waals surface area contributed by atoms with Crippen molar-refractivity contribution in [3.05, 3.63) is 28.4 Å². The second-order valence-electron chi connectivity index (χ2n) is 4.72. The summed E-state index contributed by atoms with van der Waals surface area (Å²) >= 11 is 0. The number of hydrogen-bond acceptors (Lipinski definition) is 6. The second-order valence-corrected chi connectivity index (χ2v) is 6.60. The van der Waals surface area contributed by atoms with Crippen molar-refractivity contribution in [2.24, 2.45) is 11.7 Å². The van der Waals surface area contributed by atoms with Crippen molar-refractivity contribution in [1.82, 2.24) is 9.29 Å². The van der Waals surface area contributed by atoms with Crippen molar-refractivity contribution in [2.45, 2.75) is 17.9 Å².